The Morgan fingerprint density at radius 3 is 0.982 bits per heavy atom. The number of allylic oxidation sites excluding steroid dienone is 6. The van der Waals surface area contributed by atoms with Gasteiger partial charge in [0, 0.05) is 73.5 Å². The Morgan fingerprint density at radius 1 is 0.393 bits per heavy atom. The summed E-state index contributed by atoms with van der Waals surface area (Å²) in [4.78, 5) is 42.3. The first-order valence-electron chi connectivity index (χ1n) is 41.6. The fraction of sp³-hybridized carbons (Fsp3) is 0.333. The Morgan fingerprint density at radius 2 is 0.696 bits per heavy atom. The second-order valence-electron chi connectivity index (χ2n) is 32.2. The molecule has 6 aliphatic rings. The van der Waals surface area contributed by atoms with Crippen LogP contribution < -0.4 is 0 Å². The number of carbonyl (C=O) groups excluding carboxylic acids is 2. The smallest absolute Gasteiger partial charge is 0.270 e. The van der Waals surface area contributed by atoms with Gasteiger partial charge in [-0.1, -0.05) is 214 Å². The standard InChI is InChI=1S/C102H94N4O2S4/c1-7-11-15-19-27-63-35-43-71(44-36-63)101(72-45-37-64(38-46-72)28-20-16-12-8-2)85-59-82-86(60-81(85)97-93(101)99-89(111-97)57-75(109-99)55-83-91(87(61-103)105-5)77-51-67-31-23-25-33-69(67)53-79(77)95(83)107)102(73-47-39-65(40-48-73)29-21-17-13-9-3,74-49-41-66(42-50-74)30-22-18-14-10-4)94-98(82)112-90-58-76(110-100(90)94)56-84-92(88(62-104)106-6)78-52-68-32-24-26-34-70(68)54-80(78)96(84)108/h35-60H,7-34H2,1-4H3/b83-55-,84-56-,91-87-,92-88+. The molecule has 558 valence electrons. The molecule has 4 heterocycles. The van der Waals surface area contributed by atoms with E-state index in [2.05, 4.69) is 195 Å². The third-order valence-electron chi connectivity index (χ3n) is 25.3. The van der Waals surface area contributed by atoms with Crippen molar-refractivity contribution in [3.05, 3.63) is 312 Å². The first-order valence-corrected chi connectivity index (χ1v) is 44.9. The Kier molecular flexibility index (Phi) is 21.3. The van der Waals surface area contributed by atoms with Crippen LogP contribution in [0, 0.1) is 35.8 Å². The minimum absolute atomic E-state index is 0.0543. The highest BCUT2D eigenvalue weighted by Gasteiger charge is 2.55. The van der Waals surface area contributed by atoms with E-state index in [-0.39, 0.29) is 23.0 Å². The Labute approximate surface area is 677 Å². The molecule has 6 nitrogen and oxygen atoms in total. The summed E-state index contributed by atoms with van der Waals surface area (Å²) >= 11 is 7.15. The number of carbonyl (C=O) groups is 2. The number of nitriles is 2. The minimum atomic E-state index is -0.835. The number of fused-ring (bicyclic) bond motifs is 14. The molecule has 0 unspecified atom stereocenters. The van der Waals surface area contributed by atoms with E-state index in [1.807, 2.05) is 34.8 Å². The van der Waals surface area contributed by atoms with Crippen LogP contribution in [-0.2, 0) is 62.2 Å². The highest BCUT2D eigenvalue weighted by Crippen LogP contribution is 2.68. The second kappa shape index (κ2) is 31.9. The molecule has 0 saturated carbocycles. The van der Waals surface area contributed by atoms with Gasteiger partial charge in [0.05, 0.1) is 45.5 Å². The zero-order chi connectivity index (χ0) is 76.8. The number of hydrogen-bond donors (Lipinski definition) is 0. The maximum Gasteiger partial charge on any atom is 0.270 e. The zero-order valence-corrected chi connectivity index (χ0v) is 68.3. The predicted octanol–water partition coefficient (Wildman–Crippen LogP) is 28.1. The quantitative estimate of drug-likeness (QED) is 0.0234. The van der Waals surface area contributed by atoms with E-state index in [4.69, 9.17) is 13.1 Å². The molecule has 0 atom stereocenters. The number of nitrogens with zero attached hydrogens (tertiary/aromatic N) is 4. The van der Waals surface area contributed by atoms with Gasteiger partial charge in [-0.05, 0) is 251 Å². The lowest BCUT2D eigenvalue weighted by atomic mass is 9.65. The Balaban J connectivity index is 0.924. The summed E-state index contributed by atoms with van der Waals surface area (Å²) in [7, 11) is 0. The van der Waals surface area contributed by atoms with Gasteiger partial charge in [-0.15, -0.1) is 45.3 Å². The summed E-state index contributed by atoms with van der Waals surface area (Å²) in [5, 5.41) is 21.4. The third kappa shape index (κ3) is 12.9. The SMILES string of the molecule is [C-]#[N+]/C(C#N)=C1\C(=C\c2cc3sc4c(c3s2)C(c2ccc(CCCCCC)cc2)(c2ccc(CCCCCC)cc2)c2cc3c(cc2-4)C(c2ccc(CCCCCC)cc2)(c2ccc(CCCCCC)cc2)c2c-3sc3cc(/C=C4\C(=O)c5cc6c(cc5\C4=C(\C#N)[N+]#[C-])CCCC6)sc23)C(=O)c2cc3c(cc21)CCCC3. The van der Waals surface area contributed by atoms with E-state index >= 15 is 9.59 Å². The van der Waals surface area contributed by atoms with Gasteiger partial charge in [0.1, 0.15) is 0 Å². The van der Waals surface area contributed by atoms with Crippen LogP contribution in [0.5, 0.6) is 0 Å². The van der Waals surface area contributed by atoms with E-state index in [0.717, 1.165) is 122 Å². The average Bonchev–Trinajstić information content (AvgIpc) is 1.49. The molecule has 17 rings (SSSR count). The van der Waals surface area contributed by atoms with Crippen LogP contribution in [-0.4, -0.2) is 11.6 Å². The van der Waals surface area contributed by atoms with Crippen molar-refractivity contribution in [1.29, 1.82) is 10.5 Å². The number of rotatable bonds is 26. The lowest BCUT2D eigenvalue weighted by Crippen LogP contribution is -2.30. The first kappa shape index (κ1) is 74.8. The van der Waals surface area contributed by atoms with E-state index in [9.17, 15) is 10.5 Å². The number of thiophene rings is 4. The highest BCUT2D eigenvalue weighted by molar-refractivity contribution is 7.31. The number of Topliss-reactive ketones (excluding diaryl/α,β-unsaturated/α-hetero) is 2. The van der Waals surface area contributed by atoms with Crippen LogP contribution in [0.15, 0.2) is 168 Å². The Hall–Kier alpha value is -9.88. The van der Waals surface area contributed by atoms with Gasteiger partial charge in [0.2, 0.25) is 0 Å². The molecule has 7 aromatic carbocycles. The predicted molar refractivity (Wildman–Crippen MR) is 468 cm³/mol. The highest BCUT2D eigenvalue weighted by atomic mass is 32.1. The van der Waals surface area contributed by atoms with Crippen LogP contribution in [0.1, 0.15) is 287 Å². The molecule has 4 aromatic heterocycles. The largest absolute Gasteiger partial charge is 0.289 e. The van der Waals surface area contributed by atoms with Crippen molar-refractivity contribution in [2.75, 3.05) is 0 Å². The molecule has 0 aliphatic heterocycles. The first-order chi connectivity index (χ1) is 55.0. The number of aryl methyl sites for hydroxylation is 8. The van der Waals surface area contributed by atoms with Crippen molar-refractivity contribution in [3.63, 3.8) is 0 Å². The number of benzene rings is 7. The zero-order valence-electron chi connectivity index (χ0n) is 65.0. The average molecular weight is 1540 g/mol. The Bertz CT molecular complexity index is 5400. The molecule has 0 amide bonds. The fourth-order valence-corrected chi connectivity index (χ4v) is 25.1. The van der Waals surface area contributed by atoms with Gasteiger partial charge >= 0.3 is 0 Å². The van der Waals surface area contributed by atoms with E-state index < -0.39 is 10.8 Å². The van der Waals surface area contributed by atoms with Gasteiger partial charge < -0.3 is 0 Å². The number of unbranched alkanes of at least 4 members (excludes halogenated alkanes) is 12. The van der Waals surface area contributed by atoms with Gasteiger partial charge in [-0.25, -0.2) is 20.2 Å². The summed E-state index contributed by atoms with van der Waals surface area (Å²) in [5.41, 5.74) is 24.9. The van der Waals surface area contributed by atoms with Gasteiger partial charge in [0.15, 0.2) is 11.6 Å². The third-order valence-corrected chi connectivity index (χ3v) is 30.1. The molecule has 0 spiro atoms. The second-order valence-corrected chi connectivity index (χ2v) is 36.5. The van der Waals surface area contributed by atoms with E-state index in [0.29, 0.717) is 44.5 Å². The molecule has 11 aromatic rings. The molecule has 0 N–H and O–H groups in total. The van der Waals surface area contributed by atoms with Crippen molar-refractivity contribution in [3.8, 4) is 33.0 Å². The molecule has 0 bridgehead atoms. The van der Waals surface area contributed by atoms with Gasteiger partial charge in [-0.3, -0.25) is 9.59 Å². The summed E-state index contributed by atoms with van der Waals surface area (Å²) in [5.74, 6) is -0.259. The number of ketones is 2. The molecule has 0 fully saturated rings. The lowest BCUT2D eigenvalue weighted by molar-refractivity contribution is 0.103. The van der Waals surface area contributed by atoms with Crippen LogP contribution in [0.3, 0.4) is 0 Å². The maximum atomic E-state index is 15.2. The van der Waals surface area contributed by atoms with Crippen molar-refractivity contribution in [1.82, 2.24) is 0 Å². The van der Waals surface area contributed by atoms with Crippen LogP contribution >= 0.6 is 45.3 Å². The van der Waals surface area contributed by atoms with Gasteiger partial charge in [-0.2, -0.15) is 0 Å². The summed E-state index contributed by atoms with van der Waals surface area (Å²) in [6, 6.07) is 61.4. The lowest BCUT2D eigenvalue weighted by Gasteiger charge is -2.36. The van der Waals surface area contributed by atoms with Crippen molar-refractivity contribution < 1.29 is 9.59 Å². The van der Waals surface area contributed by atoms with Crippen molar-refractivity contribution in [2.45, 2.75) is 218 Å². The molecule has 10 heteroatoms. The number of hydrogen-bond acceptors (Lipinski definition) is 8. The summed E-state index contributed by atoms with van der Waals surface area (Å²) in [6.45, 7) is 25.8. The summed E-state index contributed by atoms with van der Waals surface area (Å²) in [6.07, 6.45) is 34.9. The minimum Gasteiger partial charge on any atom is -0.289 e. The molecule has 0 radical (unpaired) electrons. The maximum absolute atomic E-state index is 15.2. The van der Waals surface area contributed by atoms with E-state index in [1.165, 1.54) is 196 Å². The fourth-order valence-electron chi connectivity index (χ4n) is 19.6. The van der Waals surface area contributed by atoms with Gasteiger partial charge in [0.25, 0.3) is 11.4 Å². The molecular weight excluding hydrogens is 1440 g/mol. The normalized spacial score (nSPS) is 16.9. The summed E-state index contributed by atoms with van der Waals surface area (Å²) < 4.78 is 4.59. The van der Waals surface area contributed by atoms with Crippen molar-refractivity contribution in [2.24, 2.45) is 0 Å². The van der Waals surface area contributed by atoms with Crippen LogP contribution in [0.2, 0.25) is 0 Å². The topological polar surface area (TPSA) is 90.4 Å². The molecular formula is C102H94N4O2S4. The monoisotopic (exact) mass is 1530 g/mol. The van der Waals surface area contributed by atoms with E-state index in [1.54, 1.807) is 22.7 Å². The van der Waals surface area contributed by atoms with Crippen molar-refractivity contribution >= 4 is 99.0 Å². The van der Waals surface area contributed by atoms with Crippen LogP contribution in [0.25, 0.3) is 72.7 Å². The van der Waals surface area contributed by atoms with Crippen LogP contribution in [0.4, 0.5) is 0 Å². The molecule has 6 aliphatic carbocycles. The molecule has 0 saturated heterocycles. The molecule has 112 heavy (non-hydrogen) atoms.